The van der Waals surface area contributed by atoms with E-state index in [2.05, 4.69) is 10.3 Å². The Morgan fingerprint density at radius 2 is 1.73 bits per heavy atom. The summed E-state index contributed by atoms with van der Waals surface area (Å²) in [4.78, 5) is 29.5. The van der Waals surface area contributed by atoms with Crippen LogP contribution in [0.25, 0.3) is 10.9 Å². The molecule has 0 radical (unpaired) electrons. The number of likely N-dealkylation sites (tertiary alicyclic amines) is 1. The Labute approximate surface area is 149 Å². The highest BCUT2D eigenvalue weighted by atomic mass is 19.1. The van der Waals surface area contributed by atoms with Crippen molar-refractivity contribution in [2.75, 3.05) is 18.4 Å². The zero-order valence-electron chi connectivity index (χ0n) is 14.1. The van der Waals surface area contributed by atoms with Crippen molar-refractivity contribution in [3.05, 3.63) is 65.6 Å². The number of nitrogens with zero attached hydrogens (tertiary/aromatic N) is 1. The predicted octanol–water partition coefficient (Wildman–Crippen LogP) is 3.80. The molecule has 1 aliphatic heterocycles. The molecule has 6 heteroatoms. The largest absolute Gasteiger partial charge is 0.351 e. The lowest BCUT2D eigenvalue weighted by Gasteiger charge is -2.15. The molecule has 0 aliphatic carbocycles. The second kappa shape index (κ2) is 6.63. The van der Waals surface area contributed by atoms with Crippen LogP contribution in [0, 0.1) is 5.82 Å². The molecule has 4 rings (SSSR count). The van der Waals surface area contributed by atoms with E-state index in [1.807, 2.05) is 4.90 Å². The number of hydrogen-bond acceptors (Lipinski definition) is 2. The third-order valence-electron chi connectivity index (χ3n) is 4.61. The maximum Gasteiger partial charge on any atom is 0.272 e. The first-order valence-electron chi connectivity index (χ1n) is 8.59. The lowest BCUT2D eigenvalue weighted by atomic mass is 10.2. The van der Waals surface area contributed by atoms with Crippen molar-refractivity contribution in [2.24, 2.45) is 0 Å². The summed E-state index contributed by atoms with van der Waals surface area (Å²) in [6, 6.07) is 12.8. The first kappa shape index (κ1) is 16.3. The first-order valence-corrected chi connectivity index (χ1v) is 8.59. The molecule has 2 amide bonds. The number of halogens is 1. The Hall–Kier alpha value is -3.15. The van der Waals surface area contributed by atoms with Gasteiger partial charge >= 0.3 is 0 Å². The fourth-order valence-corrected chi connectivity index (χ4v) is 3.22. The minimum Gasteiger partial charge on any atom is -0.351 e. The van der Waals surface area contributed by atoms with Crippen molar-refractivity contribution in [3.63, 3.8) is 0 Å². The molecule has 5 nitrogen and oxygen atoms in total. The number of aromatic nitrogens is 1. The number of hydrogen-bond donors (Lipinski definition) is 2. The van der Waals surface area contributed by atoms with E-state index in [0.717, 1.165) is 25.9 Å². The topological polar surface area (TPSA) is 65.2 Å². The molecule has 0 bridgehead atoms. The van der Waals surface area contributed by atoms with Crippen LogP contribution in [0.2, 0.25) is 0 Å². The molecule has 0 saturated carbocycles. The highest BCUT2D eigenvalue weighted by molar-refractivity contribution is 6.06. The molecular weight excluding hydrogens is 333 g/mol. The molecule has 1 aromatic heterocycles. The van der Waals surface area contributed by atoms with Crippen LogP contribution in [-0.2, 0) is 0 Å². The van der Waals surface area contributed by atoms with Crippen molar-refractivity contribution < 1.29 is 14.0 Å². The molecule has 2 heterocycles. The fourth-order valence-electron chi connectivity index (χ4n) is 3.22. The highest BCUT2D eigenvalue weighted by Crippen LogP contribution is 2.19. The van der Waals surface area contributed by atoms with Gasteiger partial charge in [-0.05, 0) is 61.4 Å². The first-order chi connectivity index (χ1) is 12.6. The van der Waals surface area contributed by atoms with Gasteiger partial charge in [0, 0.05) is 35.2 Å². The average molecular weight is 351 g/mol. The number of fused-ring (bicyclic) bond motifs is 1. The van der Waals surface area contributed by atoms with Crippen LogP contribution in [0.3, 0.4) is 0 Å². The van der Waals surface area contributed by atoms with Crippen LogP contribution in [0.5, 0.6) is 0 Å². The third kappa shape index (κ3) is 3.18. The number of aromatic amines is 1. The summed E-state index contributed by atoms with van der Waals surface area (Å²) in [7, 11) is 0. The van der Waals surface area contributed by atoms with Gasteiger partial charge in [-0.1, -0.05) is 0 Å². The Morgan fingerprint density at radius 3 is 2.46 bits per heavy atom. The van der Waals surface area contributed by atoms with Gasteiger partial charge in [0.05, 0.1) is 0 Å². The summed E-state index contributed by atoms with van der Waals surface area (Å²) in [5, 5.41) is 3.42. The summed E-state index contributed by atoms with van der Waals surface area (Å²) in [6.45, 7) is 1.61. The van der Waals surface area contributed by atoms with Crippen molar-refractivity contribution in [3.8, 4) is 0 Å². The van der Waals surface area contributed by atoms with E-state index in [1.165, 1.54) is 12.1 Å². The molecule has 2 aromatic carbocycles. The maximum atomic E-state index is 13.3. The Bertz CT molecular complexity index is 972. The van der Waals surface area contributed by atoms with Gasteiger partial charge in [0.1, 0.15) is 11.5 Å². The maximum absolute atomic E-state index is 13.3. The second-order valence-corrected chi connectivity index (χ2v) is 6.45. The minimum absolute atomic E-state index is 0.0259. The zero-order valence-corrected chi connectivity index (χ0v) is 14.1. The molecule has 0 spiro atoms. The molecule has 1 saturated heterocycles. The summed E-state index contributed by atoms with van der Waals surface area (Å²) in [6.07, 6.45) is 2.10. The Morgan fingerprint density at radius 1 is 1.00 bits per heavy atom. The fraction of sp³-hybridized carbons (Fsp3) is 0.200. The van der Waals surface area contributed by atoms with E-state index in [9.17, 15) is 14.0 Å². The number of rotatable bonds is 3. The van der Waals surface area contributed by atoms with Gasteiger partial charge in [-0.15, -0.1) is 0 Å². The summed E-state index contributed by atoms with van der Waals surface area (Å²) in [5.74, 6) is -0.639. The van der Waals surface area contributed by atoms with E-state index in [4.69, 9.17) is 0 Å². The van der Waals surface area contributed by atoms with Crippen LogP contribution < -0.4 is 5.32 Å². The van der Waals surface area contributed by atoms with Crippen LogP contribution >= 0.6 is 0 Å². The summed E-state index contributed by atoms with van der Waals surface area (Å²) < 4.78 is 13.3. The molecule has 132 valence electrons. The Balaban J connectivity index is 1.47. The van der Waals surface area contributed by atoms with Crippen LogP contribution in [0.1, 0.15) is 33.7 Å². The number of H-pyrrole nitrogens is 1. The number of carbonyl (C=O) groups is 2. The van der Waals surface area contributed by atoms with E-state index >= 15 is 0 Å². The van der Waals surface area contributed by atoms with Crippen molar-refractivity contribution in [1.29, 1.82) is 0 Å². The molecule has 3 aromatic rings. The number of nitrogens with one attached hydrogen (secondary N) is 2. The summed E-state index contributed by atoms with van der Waals surface area (Å²) >= 11 is 0. The average Bonchev–Trinajstić information content (AvgIpc) is 3.31. The van der Waals surface area contributed by atoms with Crippen LogP contribution in [-0.4, -0.2) is 34.8 Å². The number of anilines is 1. The third-order valence-corrected chi connectivity index (χ3v) is 4.61. The van der Waals surface area contributed by atoms with Gasteiger partial charge in [-0.25, -0.2) is 4.39 Å². The van der Waals surface area contributed by atoms with Gasteiger partial charge in [-0.3, -0.25) is 9.59 Å². The van der Waals surface area contributed by atoms with Gasteiger partial charge < -0.3 is 15.2 Å². The molecular formula is C20H18FN3O2. The minimum atomic E-state index is -0.346. The monoisotopic (exact) mass is 351 g/mol. The second-order valence-electron chi connectivity index (χ2n) is 6.45. The normalized spacial score (nSPS) is 14.0. The molecule has 2 N–H and O–H groups in total. The Kier molecular flexibility index (Phi) is 4.16. The molecule has 26 heavy (non-hydrogen) atoms. The van der Waals surface area contributed by atoms with Gasteiger partial charge in [-0.2, -0.15) is 0 Å². The molecule has 0 unspecified atom stereocenters. The van der Waals surface area contributed by atoms with E-state index in [0.29, 0.717) is 27.8 Å². The van der Waals surface area contributed by atoms with Crippen LogP contribution in [0.15, 0.2) is 48.5 Å². The molecule has 1 fully saturated rings. The number of carbonyl (C=O) groups excluding carboxylic acids is 2. The number of benzene rings is 2. The lowest BCUT2D eigenvalue weighted by molar-refractivity contribution is 0.0792. The quantitative estimate of drug-likeness (QED) is 0.754. The van der Waals surface area contributed by atoms with Gasteiger partial charge in [0.2, 0.25) is 0 Å². The smallest absolute Gasteiger partial charge is 0.272 e. The van der Waals surface area contributed by atoms with Gasteiger partial charge in [0.15, 0.2) is 0 Å². The van der Waals surface area contributed by atoms with Crippen molar-refractivity contribution in [1.82, 2.24) is 9.88 Å². The SMILES string of the molecule is O=C(Nc1ccc(C(=O)N2CCCC2)cc1)c1cc2cc(F)ccc2[nH]1. The van der Waals surface area contributed by atoms with Crippen molar-refractivity contribution in [2.45, 2.75) is 12.8 Å². The van der Waals surface area contributed by atoms with E-state index in [-0.39, 0.29) is 17.6 Å². The summed E-state index contributed by atoms with van der Waals surface area (Å²) in [5.41, 5.74) is 2.26. The standard InChI is InChI=1S/C20H18FN3O2/c21-15-5-8-17-14(11-15)12-18(23-17)19(25)22-16-6-3-13(4-7-16)20(26)24-9-1-2-10-24/h3-8,11-12,23H,1-2,9-10H2,(H,22,25). The molecule has 1 aliphatic rings. The highest BCUT2D eigenvalue weighted by Gasteiger charge is 2.19. The van der Waals surface area contributed by atoms with Crippen LogP contribution in [0.4, 0.5) is 10.1 Å². The lowest BCUT2D eigenvalue weighted by Crippen LogP contribution is -2.27. The van der Waals surface area contributed by atoms with Gasteiger partial charge in [0.25, 0.3) is 11.8 Å². The van der Waals surface area contributed by atoms with Crippen molar-refractivity contribution >= 4 is 28.4 Å². The predicted molar refractivity (Wildman–Crippen MR) is 97.8 cm³/mol. The van der Waals surface area contributed by atoms with E-state index in [1.54, 1.807) is 36.4 Å². The molecule has 0 atom stereocenters. The van der Waals surface area contributed by atoms with E-state index < -0.39 is 0 Å². The number of amides is 2. The zero-order chi connectivity index (χ0) is 18.1.